The SMILES string of the molecule is N#Cc1ccsc1C#Cc1cccc(CC(O)CCN2C=CSC(=O)N2CCc2ccsc2C(=O)O)c1. The number of aromatic carboxylic acids is 1. The Bertz CT molecular complexity index is 1410. The van der Waals surface area contributed by atoms with Crippen LogP contribution in [0, 0.1) is 23.2 Å². The van der Waals surface area contributed by atoms with Crippen LogP contribution in [-0.4, -0.2) is 50.6 Å². The predicted molar refractivity (Wildman–Crippen MR) is 146 cm³/mol. The zero-order chi connectivity index (χ0) is 26.2. The van der Waals surface area contributed by atoms with E-state index in [1.54, 1.807) is 39.1 Å². The molecule has 7 nitrogen and oxygen atoms in total. The standard InChI is InChI=1S/C27H23N3O4S3/c28-18-22-9-13-35-24(22)5-4-19-2-1-3-20(16-19)17-23(31)7-10-29-12-15-37-27(34)30(29)11-6-21-8-14-36-25(21)26(32)33/h1-3,8-9,12-16,23,31H,6-7,10-11,17H2,(H,32,33). The number of hydrogen-bond donors (Lipinski definition) is 2. The molecular formula is C27H23N3O4S3. The zero-order valence-electron chi connectivity index (χ0n) is 19.7. The number of carbonyl (C=O) groups is 2. The van der Waals surface area contributed by atoms with Crippen LogP contribution in [0.2, 0.25) is 0 Å². The van der Waals surface area contributed by atoms with Crippen LogP contribution in [0.5, 0.6) is 0 Å². The number of carboxylic acid groups (broad SMARTS) is 1. The van der Waals surface area contributed by atoms with Gasteiger partial charge >= 0.3 is 11.2 Å². The lowest BCUT2D eigenvalue weighted by atomic mass is 10.0. The molecule has 4 rings (SSSR count). The lowest BCUT2D eigenvalue weighted by molar-refractivity contribution is 0.0545. The normalized spacial score (nSPS) is 13.7. The Morgan fingerprint density at radius 1 is 1.11 bits per heavy atom. The van der Waals surface area contributed by atoms with E-state index in [1.807, 2.05) is 29.6 Å². The summed E-state index contributed by atoms with van der Waals surface area (Å²) in [4.78, 5) is 24.9. The molecule has 1 aliphatic heterocycles. The molecule has 188 valence electrons. The zero-order valence-corrected chi connectivity index (χ0v) is 22.1. The largest absolute Gasteiger partial charge is 0.477 e. The van der Waals surface area contributed by atoms with E-state index >= 15 is 0 Å². The molecule has 0 spiro atoms. The van der Waals surface area contributed by atoms with Crippen molar-refractivity contribution >= 4 is 45.6 Å². The summed E-state index contributed by atoms with van der Waals surface area (Å²) >= 11 is 3.69. The highest BCUT2D eigenvalue weighted by molar-refractivity contribution is 8.16. The van der Waals surface area contributed by atoms with Crippen molar-refractivity contribution in [3.63, 3.8) is 0 Å². The second-order valence-electron chi connectivity index (χ2n) is 8.16. The van der Waals surface area contributed by atoms with Gasteiger partial charge in [-0.2, -0.15) is 5.26 Å². The number of nitriles is 1. The monoisotopic (exact) mass is 549 g/mol. The topological polar surface area (TPSA) is 105 Å². The van der Waals surface area contributed by atoms with Crippen molar-refractivity contribution in [2.75, 3.05) is 13.1 Å². The van der Waals surface area contributed by atoms with Gasteiger partial charge in [0.15, 0.2) is 0 Å². The van der Waals surface area contributed by atoms with Crippen LogP contribution in [-0.2, 0) is 12.8 Å². The van der Waals surface area contributed by atoms with Gasteiger partial charge in [-0.05, 0) is 88.5 Å². The quantitative estimate of drug-likeness (QED) is 0.355. The number of benzene rings is 1. The molecule has 1 unspecified atom stereocenters. The summed E-state index contributed by atoms with van der Waals surface area (Å²) in [6.45, 7) is 0.788. The number of carbonyl (C=O) groups excluding carboxylic acids is 1. The Balaban J connectivity index is 1.34. The van der Waals surface area contributed by atoms with Crippen molar-refractivity contribution in [3.8, 4) is 17.9 Å². The summed E-state index contributed by atoms with van der Waals surface area (Å²) in [6.07, 6.45) is 2.49. The first kappa shape index (κ1) is 26.5. The first-order valence-corrected chi connectivity index (χ1v) is 14.1. The number of amides is 1. The van der Waals surface area contributed by atoms with Crippen molar-refractivity contribution in [3.05, 3.63) is 90.8 Å². The minimum Gasteiger partial charge on any atom is -0.477 e. The number of thiophene rings is 2. The Morgan fingerprint density at radius 3 is 2.76 bits per heavy atom. The fourth-order valence-corrected chi connectivity index (χ4v) is 5.94. The molecule has 0 aliphatic carbocycles. The van der Waals surface area contributed by atoms with E-state index in [9.17, 15) is 19.8 Å². The minimum absolute atomic E-state index is 0.138. The Kier molecular flexibility index (Phi) is 9.04. The van der Waals surface area contributed by atoms with E-state index in [0.717, 1.165) is 27.8 Å². The van der Waals surface area contributed by atoms with Gasteiger partial charge in [0.1, 0.15) is 10.9 Å². The number of aliphatic hydroxyl groups is 1. The van der Waals surface area contributed by atoms with Crippen molar-refractivity contribution in [2.45, 2.75) is 25.4 Å². The molecule has 3 aromatic rings. The highest BCUT2D eigenvalue weighted by Crippen LogP contribution is 2.23. The van der Waals surface area contributed by atoms with Gasteiger partial charge in [-0.1, -0.05) is 18.1 Å². The Morgan fingerprint density at radius 2 is 1.95 bits per heavy atom. The molecular weight excluding hydrogens is 527 g/mol. The first-order valence-electron chi connectivity index (χ1n) is 11.4. The van der Waals surface area contributed by atoms with Gasteiger partial charge in [0, 0.05) is 24.9 Å². The molecule has 0 radical (unpaired) electrons. The molecule has 0 bridgehead atoms. The number of carboxylic acids is 1. The molecule has 2 aromatic heterocycles. The Hall–Kier alpha value is -3.54. The summed E-state index contributed by atoms with van der Waals surface area (Å²) in [5.41, 5.74) is 3.03. The van der Waals surface area contributed by atoms with Crippen LogP contribution in [0.1, 0.15) is 43.2 Å². The van der Waals surface area contributed by atoms with Crippen molar-refractivity contribution in [1.29, 1.82) is 5.26 Å². The fourth-order valence-electron chi connectivity index (χ4n) is 3.82. The van der Waals surface area contributed by atoms with Gasteiger partial charge in [-0.25, -0.2) is 9.80 Å². The highest BCUT2D eigenvalue weighted by atomic mass is 32.2. The van der Waals surface area contributed by atoms with E-state index in [-0.39, 0.29) is 5.24 Å². The van der Waals surface area contributed by atoms with Gasteiger partial charge < -0.3 is 10.2 Å². The molecule has 0 saturated carbocycles. The number of nitrogens with zero attached hydrogens (tertiary/aromatic N) is 3. The van der Waals surface area contributed by atoms with E-state index < -0.39 is 12.1 Å². The molecule has 10 heteroatoms. The number of rotatable bonds is 9. The second-order valence-corrected chi connectivity index (χ2v) is 10.8. The van der Waals surface area contributed by atoms with Crippen LogP contribution in [0.3, 0.4) is 0 Å². The predicted octanol–water partition coefficient (Wildman–Crippen LogP) is 5.17. The fraction of sp³-hybridized carbons (Fsp3) is 0.222. The molecule has 2 N–H and O–H groups in total. The van der Waals surface area contributed by atoms with Crippen LogP contribution in [0.25, 0.3) is 0 Å². The molecule has 1 atom stereocenters. The third-order valence-electron chi connectivity index (χ3n) is 5.65. The van der Waals surface area contributed by atoms with E-state index in [0.29, 0.717) is 48.4 Å². The van der Waals surface area contributed by atoms with Gasteiger partial charge in [-0.15, -0.1) is 22.7 Å². The number of hydrogen-bond acceptors (Lipinski definition) is 8. The van der Waals surface area contributed by atoms with E-state index in [1.165, 1.54) is 22.7 Å². The molecule has 0 saturated heterocycles. The summed E-state index contributed by atoms with van der Waals surface area (Å²) in [5, 5.41) is 37.7. The van der Waals surface area contributed by atoms with E-state index in [4.69, 9.17) is 5.26 Å². The summed E-state index contributed by atoms with van der Waals surface area (Å²) in [5.74, 6) is 5.18. The average Bonchev–Trinajstić information content (AvgIpc) is 3.55. The maximum absolute atomic E-state index is 12.5. The highest BCUT2D eigenvalue weighted by Gasteiger charge is 2.24. The molecule has 1 aliphatic rings. The van der Waals surface area contributed by atoms with Gasteiger partial charge in [0.05, 0.1) is 16.5 Å². The summed E-state index contributed by atoms with van der Waals surface area (Å²) < 4.78 is 0. The molecule has 0 fully saturated rings. The van der Waals surface area contributed by atoms with Gasteiger partial charge in [-0.3, -0.25) is 9.80 Å². The van der Waals surface area contributed by atoms with Crippen molar-refractivity contribution in [2.24, 2.45) is 0 Å². The molecule has 1 aromatic carbocycles. The molecule has 37 heavy (non-hydrogen) atoms. The minimum atomic E-state index is -0.960. The molecule has 1 amide bonds. The van der Waals surface area contributed by atoms with Crippen LogP contribution in [0.4, 0.5) is 4.79 Å². The number of hydrazine groups is 1. The Labute approximate surface area is 227 Å². The average molecular weight is 550 g/mol. The third-order valence-corrected chi connectivity index (χ3v) is 8.10. The third kappa shape index (κ3) is 7.03. The van der Waals surface area contributed by atoms with E-state index in [2.05, 4.69) is 17.9 Å². The van der Waals surface area contributed by atoms with Gasteiger partial charge in [0.2, 0.25) is 0 Å². The molecule has 3 heterocycles. The lowest BCUT2D eigenvalue weighted by Gasteiger charge is -2.36. The smallest absolute Gasteiger partial charge is 0.346 e. The van der Waals surface area contributed by atoms with Crippen molar-refractivity contribution in [1.82, 2.24) is 10.0 Å². The summed E-state index contributed by atoms with van der Waals surface area (Å²) in [6, 6.07) is 13.3. The first-order chi connectivity index (χ1) is 17.9. The summed E-state index contributed by atoms with van der Waals surface area (Å²) in [7, 11) is 0. The lowest BCUT2D eigenvalue weighted by Crippen LogP contribution is -2.45. The van der Waals surface area contributed by atoms with Crippen LogP contribution < -0.4 is 0 Å². The maximum atomic E-state index is 12.5. The number of aliphatic hydroxyl groups excluding tert-OH is 1. The maximum Gasteiger partial charge on any atom is 0.346 e. The van der Waals surface area contributed by atoms with Crippen LogP contribution >= 0.6 is 34.4 Å². The second kappa shape index (κ2) is 12.6. The van der Waals surface area contributed by atoms with Crippen molar-refractivity contribution < 1.29 is 19.8 Å². The number of thioether (sulfide) groups is 1. The van der Waals surface area contributed by atoms with Crippen LogP contribution in [0.15, 0.2) is 58.8 Å². The van der Waals surface area contributed by atoms with Gasteiger partial charge in [0.25, 0.3) is 0 Å².